The van der Waals surface area contributed by atoms with Crippen molar-refractivity contribution in [3.05, 3.63) is 77.4 Å². The fraction of sp³-hybridized carbons (Fsp3) is 0.238. The van der Waals surface area contributed by atoms with Gasteiger partial charge in [0.25, 0.3) is 0 Å². The number of carbonyl (C=O) groups is 1. The third-order valence-corrected chi connectivity index (χ3v) is 4.63. The van der Waals surface area contributed by atoms with Crippen LogP contribution in [0.2, 0.25) is 0 Å². The second kappa shape index (κ2) is 9.63. The zero-order chi connectivity index (χ0) is 25.1. The average molecular weight is 485 g/mol. The van der Waals surface area contributed by atoms with Gasteiger partial charge in [0.05, 0.1) is 24.8 Å². The van der Waals surface area contributed by atoms with Crippen molar-refractivity contribution in [2.75, 3.05) is 14.2 Å². The maximum absolute atomic E-state index is 13.2. The Hall–Kier alpha value is -3.74. The molecule has 0 unspecified atom stereocenters. The van der Waals surface area contributed by atoms with Crippen LogP contribution in [0.5, 0.6) is 0 Å². The van der Waals surface area contributed by atoms with Crippen molar-refractivity contribution >= 4 is 5.78 Å². The van der Waals surface area contributed by atoms with Crippen LogP contribution in [0, 0.1) is 0 Å². The summed E-state index contributed by atoms with van der Waals surface area (Å²) in [6.07, 6.45) is -4.74. The van der Waals surface area contributed by atoms with Crippen molar-refractivity contribution < 1.29 is 36.0 Å². The van der Waals surface area contributed by atoms with Crippen LogP contribution >= 0.6 is 0 Å². The second-order valence-corrected chi connectivity index (χ2v) is 7.00. The number of hydroxylamine groups is 2. The molecule has 34 heavy (non-hydrogen) atoms. The van der Waals surface area contributed by atoms with Gasteiger partial charge in [-0.05, 0) is 35.9 Å². The number of halogens is 6. The summed E-state index contributed by atoms with van der Waals surface area (Å²) in [6, 6.07) is 4.25. The van der Waals surface area contributed by atoms with Crippen molar-refractivity contribution in [3.63, 3.8) is 0 Å². The Labute approximate surface area is 189 Å². The van der Waals surface area contributed by atoms with E-state index in [9.17, 15) is 31.1 Å². The molecule has 0 radical (unpaired) electrons. The molecule has 0 atom stereocenters. The molecule has 0 spiro atoms. The average Bonchev–Trinajstić information content (AvgIpc) is 3.19. The molecule has 0 fully saturated rings. The van der Waals surface area contributed by atoms with Crippen LogP contribution in [0.4, 0.5) is 26.3 Å². The van der Waals surface area contributed by atoms with Gasteiger partial charge >= 0.3 is 12.4 Å². The first-order chi connectivity index (χ1) is 15.9. The van der Waals surface area contributed by atoms with E-state index in [1.54, 1.807) is 0 Å². The van der Waals surface area contributed by atoms with Gasteiger partial charge in [0, 0.05) is 37.3 Å². The predicted molar refractivity (Wildman–Crippen MR) is 107 cm³/mol. The topological polar surface area (TPSA) is 73.1 Å². The standard InChI is InChI=1S/C21H17F6N5O2/c1-31(34-2)8-5-17(33)18-19(14-3-6-28-7-4-14)32(30-29-18)12-13-9-15(20(22,23)24)11-16(10-13)21(25,26)27/h3-11H,12H2,1-2H3. The summed E-state index contributed by atoms with van der Waals surface area (Å²) >= 11 is 0. The molecular weight excluding hydrogens is 468 g/mol. The Morgan fingerprint density at radius 1 is 1.06 bits per heavy atom. The normalized spacial score (nSPS) is 12.4. The number of pyridine rings is 1. The summed E-state index contributed by atoms with van der Waals surface area (Å²) in [5, 5.41) is 8.88. The molecule has 0 saturated carbocycles. The molecular formula is C21H17F6N5O2. The van der Waals surface area contributed by atoms with Crippen molar-refractivity contribution in [2.45, 2.75) is 18.9 Å². The van der Waals surface area contributed by atoms with Gasteiger partial charge in [0.15, 0.2) is 5.69 Å². The Morgan fingerprint density at radius 3 is 2.18 bits per heavy atom. The summed E-state index contributed by atoms with van der Waals surface area (Å²) in [5.41, 5.74) is -2.90. The van der Waals surface area contributed by atoms with Gasteiger partial charge in [0.1, 0.15) is 5.69 Å². The van der Waals surface area contributed by atoms with E-state index in [-0.39, 0.29) is 23.0 Å². The van der Waals surface area contributed by atoms with Gasteiger partial charge in [-0.15, -0.1) is 5.10 Å². The maximum Gasteiger partial charge on any atom is 0.416 e. The monoisotopic (exact) mass is 485 g/mol. The zero-order valence-corrected chi connectivity index (χ0v) is 17.7. The van der Waals surface area contributed by atoms with Gasteiger partial charge in [-0.1, -0.05) is 5.21 Å². The fourth-order valence-corrected chi connectivity index (χ4v) is 2.98. The molecule has 0 N–H and O–H groups in total. The molecule has 0 amide bonds. The number of hydrogen-bond donors (Lipinski definition) is 0. The highest BCUT2D eigenvalue weighted by Gasteiger charge is 2.37. The van der Waals surface area contributed by atoms with E-state index in [1.165, 1.54) is 49.9 Å². The molecule has 1 aromatic carbocycles. The fourth-order valence-electron chi connectivity index (χ4n) is 2.98. The minimum atomic E-state index is -4.99. The van der Waals surface area contributed by atoms with Crippen molar-refractivity contribution in [1.29, 1.82) is 0 Å². The number of nitrogens with zero attached hydrogens (tertiary/aromatic N) is 5. The van der Waals surface area contributed by atoms with E-state index < -0.39 is 35.8 Å². The van der Waals surface area contributed by atoms with E-state index in [0.29, 0.717) is 17.7 Å². The first kappa shape index (κ1) is 24.9. The molecule has 0 saturated heterocycles. The largest absolute Gasteiger partial charge is 0.416 e. The molecule has 0 bridgehead atoms. The molecule has 2 heterocycles. The molecule has 0 aliphatic rings. The predicted octanol–water partition coefficient (Wildman–Crippen LogP) is 4.62. The van der Waals surface area contributed by atoms with Crippen LogP contribution in [0.15, 0.2) is 55.0 Å². The lowest BCUT2D eigenvalue weighted by atomic mass is 10.0. The lowest BCUT2D eigenvalue weighted by Crippen LogP contribution is -2.13. The van der Waals surface area contributed by atoms with E-state index in [4.69, 9.17) is 4.84 Å². The molecule has 3 aromatic rings. The smallest absolute Gasteiger partial charge is 0.287 e. The Bertz CT molecular complexity index is 1160. The van der Waals surface area contributed by atoms with Crippen molar-refractivity contribution in [2.24, 2.45) is 0 Å². The van der Waals surface area contributed by atoms with E-state index in [0.717, 1.165) is 10.8 Å². The summed E-state index contributed by atoms with van der Waals surface area (Å²) < 4.78 is 80.5. The highest BCUT2D eigenvalue weighted by molar-refractivity contribution is 6.06. The number of alkyl halides is 6. The van der Waals surface area contributed by atoms with Crippen LogP contribution in [0.1, 0.15) is 27.2 Å². The molecule has 180 valence electrons. The highest BCUT2D eigenvalue weighted by atomic mass is 19.4. The minimum absolute atomic E-state index is 0.0423. The van der Waals surface area contributed by atoms with Crippen LogP contribution in [0.25, 0.3) is 11.3 Å². The molecule has 13 heteroatoms. The van der Waals surface area contributed by atoms with Crippen LogP contribution in [-0.4, -0.2) is 45.0 Å². The lowest BCUT2D eigenvalue weighted by Gasteiger charge is -2.15. The Balaban J connectivity index is 2.10. The third-order valence-electron chi connectivity index (χ3n) is 4.63. The summed E-state index contributed by atoms with van der Waals surface area (Å²) in [4.78, 5) is 21.4. The zero-order valence-electron chi connectivity index (χ0n) is 17.7. The number of hydrogen-bond acceptors (Lipinski definition) is 6. The second-order valence-electron chi connectivity index (χ2n) is 7.00. The van der Waals surface area contributed by atoms with Gasteiger partial charge in [-0.2, -0.15) is 26.3 Å². The van der Waals surface area contributed by atoms with Gasteiger partial charge in [-0.3, -0.25) is 19.7 Å². The Kier molecular flexibility index (Phi) is 7.05. The SMILES string of the molecule is CON(C)C=CC(=O)c1nnn(Cc2cc(C(F)(F)F)cc(C(F)(F)F)c2)c1-c1ccncc1. The number of allylic oxidation sites excluding steroid dienone is 1. The maximum atomic E-state index is 13.2. The van der Waals surface area contributed by atoms with Gasteiger partial charge < -0.3 is 0 Å². The van der Waals surface area contributed by atoms with Gasteiger partial charge in [-0.25, -0.2) is 4.68 Å². The first-order valence-corrected chi connectivity index (χ1v) is 9.52. The number of benzene rings is 1. The van der Waals surface area contributed by atoms with Crippen molar-refractivity contribution in [1.82, 2.24) is 25.0 Å². The Morgan fingerprint density at radius 2 is 1.65 bits per heavy atom. The van der Waals surface area contributed by atoms with E-state index >= 15 is 0 Å². The van der Waals surface area contributed by atoms with Crippen molar-refractivity contribution in [3.8, 4) is 11.3 Å². The van der Waals surface area contributed by atoms with Gasteiger partial charge in [0.2, 0.25) is 5.78 Å². The molecule has 0 aliphatic heterocycles. The first-order valence-electron chi connectivity index (χ1n) is 9.52. The van der Waals surface area contributed by atoms with Crippen LogP contribution in [0.3, 0.4) is 0 Å². The number of aromatic nitrogens is 4. The summed E-state index contributed by atoms with van der Waals surface area (Å²) in [5.74, 6) is -0.609. The number of carbonyl (C=O) groups excluding carboxylic acids is 1. The third kappa shape index (κ3) is 5.78. The number of rotatable bonds is 7. The van der Waals surface area contributed by atoms with E-state index in [2.05, 4.69) is 15.3 Å². The highest BCUT2D eigenvalue weighted by Crippen LogP contribution is 2.36. The molecule has 0 aliphatic carbocycles. The summed E-state index contributed by atoms with van der Waals surface area (Å²) in [6.45, 7) is -0.507. The molecule has 3 rings (SSSR count). The molecule has 7 nitrogen and oxygen atoms in total. The van der Waals surface area contributed by atoms with E-state index in [1.807, 2.05) is 0 Å². The van der Waals surface area contributed by atoms with Crippen LogP contribution < -0.4 is 0 Å². The quantitative estimate of drug-likeness (QED) is 0.211. The van der Waals surface area contributed by atoms with Crippen LogP contribution in [-0.2, 0) is 23.7 Å². The summed E-state index contributed by atoms with van der Waals surface area (Å²) in [7, 11) is 2.90. The number of ketones is 1. The lowest BCUT2D eigenvalue weighted by molar-refractivity contribution is -0.143. The minimum Gasteiger partial charge on any atom is -0.287 e. The molecule has 2 aromatic heterocycles.